The zero-order chi connectivity index (χ0) is 15.4. The van der Waals surface area contributed by atoms with E-state index in [1.165, 1.54) is 18.3 Å². The van der Waals surface area contributed by atoms with Crippen molar-refractivity contribution in [1.82, 2.24) is 4.90 Å². The molecule has 0 bridgehead atoms. The molecule has 0 aliphatic carbocycles. The Bertz CT molecular complexity index is 664. The Hall–Kier alpha value is -2.14. The van der Waals surface area contributed by atoms with Crippen molar-refractivity contribution in [3.8, 4) is 0 Å². The molecule has 1 aromatic heterocycles. The Morgan fingerprint density at radius 3 is 2.57 bits per heavy atom. The number of amides is 2. The van der Waals surface area contributed by atoms with Crippen molar-refractivity contribution in [3.63, 3.8) is 0 Å². The van der Waals surface area contributed by atoms with Gasteiger partial charge in [-0.25, -0.2) is 0 Å². The predicted octanol–water partition coefficient (Wildman–Crippen LogP) is 3.29. The highest BCUT2D eigenvalue weighted by Gasteiger charge is 2.13. The van der Waals surface area contributed by atoms with Crippen LogP contribution in [0.25, 0.3) is 0 Å². The summed E-state index contributed by atoms with van der Waals surface area (Å²) in [6.07, 6.45) is 0. The van der Waals surface area contributed by atoms with E-state index in [4.69, 9.17) is 0 Å². The lowest BCUT2D eigenvalue weighted by Crippen LogP contribution is -2.24. The third-order valence-electron chi connectivity index (χ3n) is 3.28. The van der Waals surface area contributed by atoms with Crippen LogP contribution in [0.1, 0.15) is 27.7 Å². The van der Waals surface area contributed by atoms with E-state index >= 15 is 0 Å². The maximum absolute atomic E-state index is 12.3. The second kappa shape index (κ2) is 6.54. The average molecular weight is 302 g/mol. The van der Waals surface area contributed by atoms with Gasteiger partial charge in [0, 0.05) is 26.2 Å². The molecule has 5 heteroatoms. The average Bonchev–Trinajstić information content (AvgIpc) is 2.87. The molecular formula is C16H18N2O2S. The molecule has 1 aromatic carbocycles. The third-order valence-corrected chi connectivity index (χ3v) is 4.29. The van der Waals surface area contributed by atoms with E-state index in [0.29, 0.717) is 11.4 Å². The standard InChI is InChI=1S/C16H18N2O2S/c1-11-8-9-21-15(11)16(20)17-14-7-5-4-6-13(14)10-18(3)12(2)19/h4-9H,10H2,1-3H3,(H,17,20). The quantitative estimate of drug-likeness (QED) is 0.942. The largest absolute Gasteiger partial charge is 0.342 e. The summed E-state index contributed by atoms with van der Waals surface area (Å²) in [4.78, 5) is 26.0. The molecule has 0 radical (unpaired) electrons. The van der Waals surface area contributed by atoms with Crippen LogP contribution >= 0.6 is 11.3 Å². The molecule has 0 saturated carbocycles. The van der Waals surface area contributed by atoms with Gasteiger partial charge < -0.3 is 10.2 Å². The van der Waals surface area contributed by atoms with Crippen LogP contribution < -0.4 is 5.32 Å². The Labute approximate surface area is 128 Å². The van der Waals surface area contributed by atoms with E-state index in [-0.39, 0.29) is 11.8 Å². The van der Waals surface area contributed by atoms with Crippen molar-refractivity contribution in [2.45, 2.75) is 20.4 Å². The van der Waals surface area contributed by atoms with Crippen molar-refractivity contribution >= 4 is 28.8 Å². The molecule has 0 aliphatic heterocycles. The fraction of sp³-hybridized carbons (Fsp3) is 0.250. The smallest absolute Gasteiger partial charge is 0.266 e. The number of anilines is 1. The van der Waals surface area contributed by atoms with Gasteiger partial charge in [0.25, 0.3) is 5.91 Å². The van der Waals surface area contributed by atoms with E-state index in [2.05, 4.69) is 5.32 Å². The molecule has 0 saturated heterocycles. The molecule has 110 valence electrons. The zero-order valence-corrected chi connectivity index (χ0v) is 13.2. The summed E-state index contributed by atoms with van der Waals surface area (Å²) in [7, 11) is 1.74. The number of carbonyl (C=O) groups is 2. The first kappa shape index (κ1) is 15.3. The highest BCUT2D eigenvalue weighted by atomic mass is 32.1. The molecule has 0 fully saturated rings. The first-order chi connectivity index (χ1) is 9.99. The first-order valence-corrected chi connectivity index (χ1v) is 7.52. The maximum atomic E-state index is 12.3. The van der Waals surface area contributed by atoms with E-state index in [9.17, 15) is 9.59 Å². The van der Waals surface area contributed by atoms with Crippen molar-refractivity contribution in [2.24, 2.45) is 0 Å². The van der Waals surface area contributed by atoms with Gasteiger partial charge in [0.1, 0.15) is 0 Å². The van der Waals surface area contributed by atoms with Crippen molar-refractivity contribution in [3.05, 3.63) is 51.7 Å². The number of carbonyl (C=O) groups excluding carboxylic acids is 2. The second-order valence-electron chi connectivity index (χ2n) is 4.92. The van der Waals surface area contributed by atoms with E-state index in [1.54, 1.807) is 11.9 Å². The van der Waals surface area contributed by atoms with Crippen molar-refractivity contribution in [2.75, 3.05) is 12.4 Å². The van der Waals surface area contributed by atoms with E-state index in [0.717, 1.165) is 16.8 Å². The normalized spacial score (nSPS) is 10.2. The number of thiophene rings is 1. The Balaban J connectivity index is 2.19. The predicted molar refractivity (Wildman–Crippen MR) is 85.6 cm³/mol. The zero-order valence-electron chi connectivity index (χ0n) is 12.3. The molecule has 0 spiro atoms. The number of nitrogens with one attached hydrogen (secondary N) is 1. The van der Waals surface area contributed by atoms with Crippen LogP contribution in [0, 0.1) is 6.92 Å². The Morgan fingerprint density at radius 2 is 1.95 bits per heavy atom. The van der Waals surface area contributed by atoms with Gasteiger partial charge in [0.05, 0.1) is 4.88 Å². The topological polar surface area (TPSA) is 49.4 Å². The highest BCUT2D eigenvalue weighted by Crippen LogP contribution is 2.21. The summed E-state index contributed by atoms with van der Waals surface area (Å²) in [5.41, 5.74) is 2.62. The summed E-state index contributed by atoms with van der Waals surface area (Å²) in [5, 5.41) is 4.83. The Morgan fingerprint density at radius 1 is 1.24 bits per heavy atom. The van der Waals surface area contributed by atoms with Crippen LogP contribution in [-0.4, -0.2) is 23.8 Å². The molecule has 4 nitrogen and oxygen atoms in total. The van der Waals surface area contributed by atoms with Gasteiger partial charge in [-0.2, -0.15) is 0 Å². The first-order valence-electron chi connectivity index (χ1n) is 6.64. The van der Waals surface area contributed by atoms with Gasteiger partial charge in [-0.15, -0.1) is 11.3 Å². The number of hydrogen-bond donors (Lipinski definition) is 1. The molecule has 0 aliphatic rings. The minimum Gasteiger partial charge on any atom is -0.342 e. The fourth-order valence-electron chi connectivity index (χ4n) is 1.93. The molecule has 0 atom stereocenters. The van der Waals surface area contributed by atoms with Crippen LogP contribution in [0.3, 0.4) is 0 Å². The third kappa shape index (κ3) is 3.70. The van der Waals surface area contributed by atoms with Crippen LogP contribution in [0.15, 0.2) is 35.7 Å². The second-order valence-corrected chi connectivity index (χ2v) is 5.84. The van der Waals surface area contributed by atoms with Crippen LogP contribution in [0.5, 0.6) is 0 Å². The molecule has 2 rings (SSSR count). The molecule has 2 aromatic rings. The van der Waals surface area contributed by atoms with E-state index in [1.807, 2.05) is 42.6 Å². The highest BCUT2D eigenvalue weighted by molar-refractivity contribution is 7.12. The molecular weight excluding hydrogens is 284 g/mol. The lowest BCUT2D eigenvalue weighted by Gasteiger charge is -2.17. The molecule has 1 heterocycles. The molecule has 21 heavy (non-hydrogen) atoms. The Kier molecular flexibility index (Phi) is 4.75. The maximum Gasteiger partial charge on any atom is 0.266 e. The van der Waals surface area contributed by atoms with Gasteiger partial charge in [0.2, 0.25) is 5.91 Å². The van der Waals surface area contributed by atoms with Gasteiger partial charge in [-0.3, -0.25) is 9.59 Å². The number of para-hydroxylation sites is 1. The number of aryl methyl sites for hydroxylation is 1. The van der Waals surface area contributed by atoms with Gasteiger partial charge >= 0.3 is 0 Å². The molecule has 1 N–H and O–H groups in total. The van der Waals surface area contributed by atoms with E-state index < -0.39 is 0 Å². The summed E-state index contributed by atoms with van der Waals surface area (Å²) >= 11 is 1.42. The lowest BCUT2D eigenvalue weighted by molar-refractivity contribution is -0.128. The van der Waals surface area contributed by atoms with Crippen LogP contribution in [0.4, 0.5) is 5.69 Å². The van der Waals surface area contributed by atoms with Gasteiger partial charge in [-0.05, 0) is 35.6 Å². The summed E-state index contributed by atoms with van der Waals surface area (Å²) in [6.45, 7) is 3.91. The van der Waals surface area contributed by atoms with Gasteiger partial charge in [0.15, 0.2) is 0 Å². The van der Waals surface area contributed by atoms with Crippen molar-refractivity contribution in [1.29, 1.82) is 0 Å². The minimum atomic E-state index is -0.111. The van der Waals surface area contributed by atoms with Crippen LogP contribution in [0.2, 0.25) is 0 Å². The van der Waals surface area contributed by atoms with Gasteiger partial charge in [-0.1, -0.05) is 18.2 Å². The number of hydrogen-bond acceptors (Lipinski definition) is 3. The van der Waals surface area contributed by atoms with Crippen LogP contribution in [-0.2, 0) is 11.3 Å². The number of nitrogens with zero attached hydrogens (tertiary/aromatic N) is 1. The number of rotatable bonds is 4. The minimum absolute atomic E-state index is 0.00905. The monoisotopic (exact) mass is 302 g/mol. The number of benzene rings is 1. The molecule has 2 amide bonds. The fourth-order valence-corrected chi connectivity index (χ4v) is 2.75. The lowest BCUT2D eigenvalue weighted by atomic mass is 10.1. The molecule has 0 unspecified atom stereocenters. The SMILES string of the molecule is CC(=O)N(C)Cc1ccccc1NC(=O)c1sccc1C. The summed E-state index contributed by atoms with van der Waals surface area (Å²) in [6, 6.07) is 9.46. The summed E-state index contributed by atoms with van der Waals surface area (Å²) < 4.78 is 0. The van der Waals surface area contributed by atoms with Crippen molar-refractivity contribution < 1.29 is 9.59 Å². The summed E-state index contributed by atoms with van der Waals surface area (Å²) in [5.74, 6) is -0.120.